The van der Waals surface area contributed by atoms with Crippen LogP contribution < -0.4 is 20.1 Å². The number of aryl methyl sites for hydroxylation is 1. The molecule has 0 amide bonds. The van der Waals surface area contributed by atoms with Gasteiger partial charge < -0.3 is 14.1 Å². The van der Waals surface area contributed by atoms with E-state index in [1.807, 2.05) is 0 Å². The first kappa shape index (κ1) is 61.3. The van der Waals surface area contributed by atoms with Gasteiger partial charge in [-0.2, -0.15) is 0 Å². The van der Waals surface area contributed by atoms with Gasteiger partial charge in [-0.1, -0.05) is 337 Å². The first-order chi connectivity index (χ1) is 37.0. The van der Waals surface area contributed by atoms with E-state index in [9.17, 15) is 0 Å². The van der Waals surface area contributed by atoms with E-state index in [0.717, 1.165) is 5.69 Å². The first-order valence-electron chi connectivity index (χ1n) is 28.3. The number of unbranched alkanes of at least 4 members (excludes halogenated alkanes) is 4. The number of rotatable bonds is 17. The van der Waals surface area contributed by atoms with Crippen LogP contribution in [0.4, 0.5) is 5.69 Å². The second-order valence-electron chi connectivity index (χ2n) is 20.6. The molecule has 0 saturated carbocycles. The van der Waals surface area contributed by atoms with Gasteiger partial charge in [-0.15, -0.1) is 5.69 Å². The molecule has 0 aliphatic rings. The number of aromatic nitrogens is 2. The van der Waals surface area contributed by atoms with Crippen LogP contribution in [-0.4, -0.2) is 12.8 Å². The zero-order chi connectivity index (χ0) is 54.3. The molecular weight excluding hydrogens is 994 g/mol. The summed E-state index contributed by atoms with van der Waals surface area (Å²) >= 11 is 0. The number of hydrogen-bond acceptors (Lipinski definition) is 0. The third-order valence-corrected chi connectivity index (χ3v) is 18.3. The zero-order valence-electron chi connectivity index (χ0n) is 48.1. The SMILES string of the molecule is CCCCC.CCCCC.Cc1c(C)[n+](C(C)C)[c-]n1C(C)C.Cc1cc(C(c2ccccc2)c2ccccc2)c([N-][Si](c2ccccc2)(c2ccccc2)c2ccccc2)c(C(c2ccccc2)c2ccccc2)c1.[Co]. The molecule has 0 fully saturated rings. The predicted octanol–water partition coefficient (Wildman–Crippen LogP) is 17.8. The zero-order valence-corrected chi connectivity index (χ0v) is 50.1. The van der Waals surface area contributed by atoms with Crippen molar-refractivity contribution < 1.29 is 21.3 Å². The van der Waals surface area contributed by atoms with Gasteiger partial charge in [0.1, 0.15) is 0 Å². The summed E-state index contributed by atoms with van der Waals surface area (Å²) in [5.41, 5.74) is 12.3. The Hall–Kier alpha value is -6.51. The maximum Gasteiger partial charge on any atom is 0.204 e. The molecule has 0 aliphatic carbocycles. The molecule has 0 bridgehead atoms. The van der Waals surface area contributed by atoms with Crippen LogP contribution in [-0.2, 0) is 16.8 Å². The summed E-state index contributed by atoms with van der Waals surface area (Å²) in [6, 6.07) is 82.8. The minimum absolute atomic E-state index is 0. The Kier molecular flexibility index (Phi) is 25.2. The van der Waals surface area contributed by atoms with Crippen LogP contribution in [0.5, 0.6) is 0 Å². The Morgan fingerprint density at radius 3 is 0.948 bits per heavy atom. The maximum absolute atomic E-state index is 6.42. The van der Waals surface area contributed by atoms with Crippen molar-refractivity contribution in [2.24, 2.45) is 0 Å². The quantitative estimate of drug-likeness (QED) is 0.0375. The number of imidazole rings is 1. The van der Waals surface area contributed by atoms with Crippen LogP contribution in [0.25, 0.3) is 4.98 Å². The summed E-state index contributed by atoms with van der Waals surface area (Å²) < 4.78 is 4.41. The standard InChI is InChI=1S/C51H42NSi.C11H20N2.2C5H12.Co/c1-39-37-47(49(40-23-9-2-10-24-40)41-25-11-3-12-26-41)51(48(38-39)50(42-27-13-4-14-28-42)43-29-15-5-16-30-43)52-53(44-31-17-6-18-32-44,45-33-19-7-20-34-45)46-35-21-8-22-36-46;1-8(2)12-7-13(9(3)4)11(6)10(12)5;2*1-3-5-4-2;/h2-38,49-50H,1H3;8-9H,1-6H3;2*3-5H2,1-2H3;/q-1;;;;. The van der Waals surface area contributed by atoms with Gasteiger partial charge in [0.2, 0.25) is 6.33 Å². The van der Waals surface area contributed by atoms with E-state index in [1.54, 1.807) is 0 Å². The molecule has 403 valence electrons. The fourth-order valence-corrected chi connectivity index (χ4v) is 14.3. The van der Waals surface area contributed by atoms with Crippen molar-refractivity contribution in [3.8, 4) is 0 Å². The molecule has 1 radical (unpaired) electrons. The second kappa shape index (κ2) is 31.6. The maximum atomic E-state index is 6.42. The Morgan fingerprint density at radius 2 is 0.727 bits per heavy atom. The van der Waals surface area contributed by atoms with Crippen molar-refractivity contribution in [3.63, 3.8) is 0 Å². The van der Waals surface area contributed by atoms with Gasteiger partial charge in [-0.05, 0) is 68.3 Å². The third-order valence-electron chi connectivity index (χ3n) is 14.2. The Balaban J connectivity index is 0.000000380. The molecule has 8 aromatic carbocycles. The molecule has 0 atom stereocenters. The first-order valence-corrected chi connectivity index (χ1v) is 30.2. The molecule has 9 aromatic rings. The van der Waals surface area contributed by atoms with E-state index in [2.05, 4.69) is 316 Å². The van der Waals surface area contributed by atoms with Crippen molar-refractivity contribution in [1.82, 2.24) is 4.57 Å². The molecule has 0 saturated heterocycles. The minimum Gasteiger partial charge on any atom is -0.676 e. The molecule has 77 heavy (non-hydrogen) atoms. The summed E-state index contributed by atoms with van der Waals surface area (Å²) in [5, 5.41) is 3.76. The molecular formula is C72H86CoN3Si-. The van der Waals surface area contributed by atoms with Gasteiger partial charge in [0, 0.05) is 28.6 Å². The van der Waals surface area contributed by atoms with Crippen LogP contribution in [0.3, 0.4) is 0 Å². The average molecular weight is 1080 g/mol. The van der Waals surface area contributed by atoms with Crippen molar-refractivity contribution in [2.45, 2.75) is 139 Å². The van der Waals surface area contributed by atoms with E-state index in [1.165, 1.54) is 104 Å². The second-order valence-corrected chi connectivity index (χ2v) is 24.0. The molecule has 1 heterocycles. The molecule has 0 aliphatic heterocycles. The summed E-state index contributed by atoms with van der Waals surface area (Å²) in [6.45, 7) is 24.2. The molecule has 0 unspecified atom stereocenters. The molecule has 5 heteroatoms. The van der Waals surface area contributed by atoms with E-state index < -0.39 is 8.24 Å². The van der Waals surface area contributed by atoms with Crippen molar-refractivity contribution in [2.75, 3.05) is 0 Å². The molecule has 0 N–H and O–H groups in total. The smallest absolute Gasteiger partial charge is 0.204 e. The van der Waals surface area contributed by atoms with E-state index in [-0.39, 0.29) is 28.6 Å². The summed E-state index contributed by atoms with van der Waals surface area (Å²) in [4.78, 5) is 6.42. The van der Waals surface area contributed by atoms with Crippen LogP contribution in [0.2, 0.25) is 0 Å². The van der Waals surface area contributed by atoms with Gasteiger partial charge in [0.05, 0.1) is 20.3 Å². The van der Waals surface area contributed by atoms with Crippen molar-refractivity contribution in [3.05, 3.63) is 286 Å². The Morgan fingerprint density at radius 1 is 0.442 bits per heavy atom. The van der Waals surface area contributed by atoms with Gasteiger partial charge >= 0.3 is 0 Å². The average Bonchev–Trinajstić information content (AvgIpc) is 3.77. The van der Waals surface area contributed by atoms with E-state index in [4.69, 9.17) is 4.98 Å². The fraction of sp³-hybridized carbons (Fsp3) is 0.292. The monoisotopic (exact) mass is 1080 g/mol. The number of benzene rings is 8. The minimum atomic E-state index is -3.12. The predicted molar refractivity (Wildman–Crippen MR) is 330 cm³/mol. The van der Waals surface area contributed by atoms with Crippen molar-refractivity contribution in [1.29, 1.82) is 0 Å². The number of hydrogen-bond donors (Lipinski definition) is 0. The topological polar surface area (TPSA) is 22.9 Å². The molecule has 0 spiro atoms. The Labute approximate surface area is 477 Å². The van der Waals surface area contributed by atoms with Crippen LogP contribution >= 0.6 is 0 Å². The summed E-state index contributed by atoms with van der Waals surface area (Å²) in [6.07, 6.45) is 11.5. The van der Waals surface area contributed by atoms with Crippen LogP contribution in [0, 0.1) is 27.1 Å². The molecule has 1 aromatic heterocycles. The largest absolute Gasteiger partial charge is 0.676 e. The normalized spacial score (nSPS) is 10.9. The van der Waals surface area contributed by atoms with E-state index in [0.29, 0.717) is 12.1 Å². The van der Waals surface area contributed by atoms with Gasteiger partial charge in [-0.25, -0.2) is 0 Å². The van der Waals surface area contributed by atoms with Gasteiger partial charge in [-0.3, -0.25) is 0 Å². The van der Waals surface area contributed by atoms with Gasteiger partial charge in [0.25, 0.3) is 0 Å². The Bertz CT molecular complexity index is 2700. The summed E-state index contributed by atoms with van der Waals surface area (Å²) in [7, 11) is -3.12. The molecule has 9 rings (SSSR count). The molecule has 3 nitrogen and oxygen atoms in total. The van der Waals surface area contributed by atoms with Crippen LogP contribution in [0.15, 0.2) is 224 Å². The summed E-state index contributed by atoms with van der Waals surface area (Å²) in [5.74, 6) is -0.0907. The van der Waals surface area contributed by atoms with Crippen molar-refractivity contribution >= 4 is 29.5 Å². The van der Waals surface area contributed by atoms with E-state index >= 15 is 0 Å². The fourth-order valence-electron chi connectivity index (χ4n) is 10.3. The van der Waals surface area contributed by atoms with Crippen LogP contribution in [0.1, 0.15) is 168 Å². The number of nitrogens with zero attached hydrogens (tertiary/aromatic N) is 3. The van der Waals surface area contributed by atoms with Gasteiger partial charge in [0.15, 0.2) is 0 Å². The third kappa shape index (κ3) is 16.0.